The van der Waals surface area contributed by atoms with Gasteiger partial charge in [-0.25, -0.2) is 0 Å². The van der Waals surface area contributed by atoms with Crippen LogP contribution in [-0.2, 0) is 9.53 Å². The van der Waals surface area contributed by atoms with E-state index in [4.69, 9.17) is 10.5 Å². The van der Waals surface area contributed by atoms with Crippen molar-refractivity contribution < 1.29 is 9.53 Å². The fourth-order valence-electron chi connectivity index (χ4n) is 0.791. The standard InChI is InChI=1S/C11H24N2O2/c1-8(12)11(5,6)13-9(14)7-15-10(2,3)4/h8H,7,12H2,1-6H3,(H,13,14). The first-order chi connectivity index (χ1) is 6.54. The van der Waals surface area contributed by atoms with E-state index in [2.05, 4.69) is 5.32 Å². The Morgan fingerprint density at radius 2 is 1.80 bits per heavy atom. The Labute approximate surface area is 92.6 Å². The van der Waals surface area contributed by atoms with Gasteiger partial charge in [0.25, 0.3) is 0 Å². The highest BCUT2D eigenvalue weighted by Gasteiger charge is 2.25. The van der Waals surface area contributed by atoms with Crippen LogP contribution >= 0.6 is 0 Å². The second kappa shape index (κ2) is 4.94. The van der Waals surface area contributed by atoms with Gasteiger partial charge in [0, 0.05) is 11.6 Å². The van der Waals surface area contributed by atoms with Gasteiger partial charge in [-0.2, -0.15) is 0 Å². The zero-order valence-electron chi connectivity index (χ0n) is 10.7. The fraction of sp³-hybridized carbons (Fsp3) is 0.909. The van der Waals surface area contributed by atoms with Crippen molar-refractivity contribution in [3.05, 3.63) is 0 Å². The van der Waals surface area contributed by atoms with Crippen molar-refractivity contribution in [1.82, 2.24) is 5.32 Å². The number of carbonyl (C=O) groups is 1. The predicted molar refractivity (Wildman–Crippen MR) is 61.6 cm³/mol. The molecule has 0 bridgehead atoms. The number of hydrogen-bond acceptors (Lipinski definition) is 3. The van der Waals surface area contributed by atoms with Gasteiger partial charge in [0.05, 0.1) is 5.60 Å². The highest BCUT2D eigenvalue weighted by atomic mass is 16.5. The molecule has 15 heavy (non-hydrogen) atoms. The van der Waals surface area contributed by atoms with Crippen LogP contribution in [0.15, 0.2) is 0 Å². The molecule has 3 N–H and O–H groups in total. The summed E-state index contributed by atoms with van der Waals surface area (Å²) in [6, 6.07) is -0.101. The normalized spacial score (nSPS) is 14.9. The Hall–Kier alpha value is -0.610. The van der Waals surface area contributed by atoms with Crippen molar-refractivity contribution in [2.24, 2.45) is 5.73 Å². The average Bonchev–Trinajstić information content (AvgIpc) is 1.98. The maximum absolute atomic E-state index is 11.5. The maximum Gasteiger partial charge on any atom is 0.246 e. The molecule has 4 heteroatoms. The van der Waals surface area contributed by atoms with E-state index in [0.717, 1.165) is 0 Å². The van der Waals surface area contributed by atoms with E-state index < -0.39 is 5.54 Å². The van der Waals surface area contributed by atoms with E-state index >= 15 is 0 Å². The van der Waals surface area contributed by atoms with Gasteiger partial charge in [0.1, 0.15) is 6.61 Å². The Morgan fingerprint density at radius 3 is 2.13 bits per heavy atom. The van der Waals surface area contributed by atoms with Gasteiger partial charge < -0.3 is 15.8 Å². The predicted octanol–water partition coefficient (Wildman–Crippen LogP) is 1.04. The average molecular weight is 216 g/mol. The van der Waals surface area contributed by atoms with Gasteiger partial charge >= 0.3 is 0 Å². The molecule has 1 atom stereocenters. The zero-order valence-corrected chi connectivity index (χ0v) is 10.7. The lowest BCUT2D eigenvalue weighted by Crippen LogP contribution is -2.55. The van der Waals surface area contributed by atoms with Crippen molar-refractivity contribution in [1.29, 1.82) is 0 Å². The number of amides is 1. The summed E-state index contributed by atoms with van der Waals surface area (Å²) in [5.74, 6) is -0.132. The Morgan fingerprint density at radius 1 is 1.33 bits per heavy atom. The molecule has 0 aromatic carbocycles. The van der Waals surface area contributed by atoms with Crippen LogP contribution in [0.3, 0.4) is 0 Å². The smallest absolute Gasteiger partial charge is 0.246 e. The third kappa shape index (κ3) is 6.47. The molecule has 0 aromatic rings. The van der Waals surface area contributed by atoms with Crippen LogP contribution in [0.1, 0.15) is 41.5 Å². The summed E-state index contributed by atoms with van der Waals surface area (Å²) in [5.41, 5.74) is 5.04. The quantitative estimate of drug-likeness (QED) is 0.738. The SMILES string of the molecule is CC(N)C(C)(C)NC(=O)COC(C)(C)C. The molecule has 0 spiro atoms. The lowest BCUT2D eigenvalue weighted by atomic mass is 9.97. The second-order valence-corrected chi connectivity index (χ2v) is 5.46. The zero-order chi connectivity index (χ0) is 12.3. The van der Waals surface area contributed by atoms with Crippen LogP contribution in [-0.4, -0.2) is 29.7 Å². The van der Waals surface area contributed by atoms with Crippen LogP contribution in [0, 0.1) is 0 Å². The molecule has 90 valence electrons. The summed E-state index contributed by atoms with van der Waals surface area (Å²) in [7, 11) is 0. The molecule has 0 aliphatic rings. The molecule has 0 aliphatic carbocycles. The molecular formula is C11H24N2O2. The minimum Gasteiger partial charge on any atom is -0.366 e. The summed E-state index contributed by atoms with van der Waals surface area (Å²) >= 11 is 0. The Bertz CT molecular complexity index is 217. The summed E-state index contributed by atoms with van der Waals surface area (Å²) in [6.07, 6.45) is 0. The molecule has 0 saturated carbocycles. The first kappa shape index (κ1) is 14.4. The van der Waals surface area contributed by atoms with Crippen LogP contribution in [0.5, 0.6) is 0 Å². The van der Waals surface area contributed by atoms with E-state index in [-0.39, 0.29) is 24.2 Å². The number of rotatable bonds is 4. The topological polar surface area (TPSA) is 64.3 Å². The van der Waals surface area contributed by atoms with Crippen LogP contribution < -0.4 is 11.1 Å². The minimum absolute atomic E-state index is 0.0691. The highest BCUT2D eigenvalue weighted by Crippen LogP contribution is 2.08. The van der Waals surface area contributed by atoms with Crippen molar-refractivity contribution in [3.63, 3.8) is 0 Å². The largest absolute Gasteiger partial charge is 0.366 e. The van der Waals surface area contributed by atoms with Crippen LogP contribution in [0.4, 0.5) is 0 Å². The lowest BCUT2D eigenvalue weighted by Gasteiger charge is -2.31. The molecule has 0 aliphatic heterocycles. The first-order valence-corrected chi connectivity index (χ1v) is 5.25. The molecule has 1 amide bonds. The van der Waals surface area contributed by atoms with Crippen molar-refractivity contribution >= 4 is 5.91 Å². The summed E-state index contributed by atoms with van der Waals surface area (Å²) in [6.45, 7) is 11.5. The molecule has 0 fully saturated rings. The molecule has 0 saturated heterocycles. The molecule has 0 radical (unpaired) electrons. The maximum atomic E-state index is 11.5. The Balaban J connectivity index is 4.05. The summed E-state index contributed by atoms with van der Waals surface area (Å²) < 4.78 is 5.36. The van der Waals surface area contributed by atoms with E-state index in [1.807, 2.05) is 41.5 Å². The molecule has 1 unspecified atom stereocenters. The fourth-order valence-corrected chi connectivity index (χ4v) is 0.791. The first-order valence-electron chi connectivity index (χ1n) is 5.25. The number of carbonyl (C=O) groups excluding carboxylic acids is 1. The van der Waals surface area contributed by atoms with E-state index in [0.29, 0.717) is 0 Å². The summed E-state index contributed by atoms with van der Waals surface area (Å²) in [4.78, 5) is 11.5. The number of hydrogen-bond donors (Lipinski definition) is 2. The Kier molecular flexibility index (Phi) is 4.74. The van der Waals surface area contributed by atoms with Gasteiger partial charge in [-0.05, 0) is 41.5 Å². The van der Waals surface area contributed by atoms with Crippen LogP contribution in [0.25, 0.3) is 0 Å². The highest BCUT2D eigenvalue weighted by molar-refractivity contribution is 5.78. The molecular weight excluding hydrogens is 192 g/mol. The molecule has 0 aromatic heterocycles. The number of ether oxygens (including phenoxy) is 1. The summed E-state index contributed by atoms with van der Waals surface area (Å²) in [5, 5.41) is 2.84. The van der Waals surface area contributed by atoms with E-state index in [9.17, 15) is 4.79 Å². The van der Waals surface area contributed by atoms with Crippen LogP contribution in [0.2, 0.25) is 0 Å². The third-order valence-electron chi connectivity index (χ3n) is 2.24. The van der Waals surface area contributed by atoms with Crippen molar-refractivity contribution in [3.8, 4) is 0 Å². The third-order valence-corrected chi connectivity index (χ3v) is 2.24. The number of nitrogens with one attached hydrogen (secondary N) is 1. The van der Waals surface area contributed by atoms with Gasteiger partial charge in [0.2, 0.25) is 5.91 Å². The second-order valence-electron chi connectivity index (χ2n) is 5.46. The van der Waals surface area contributed by atoms with Gasteiger partial charge in [-0.3, -0.25) is 4.79 Å². The monoisotopic (exact) mass is 216 g/mol. The molecule has 4 nitrogen and oxygen atoms in total. The van der Waals surface area contributed by atoms with Crippen molar-refractivity contribution in [2.75, 3.05) is 6.61 Å². The van der Waals surface area contributed by atoms with E-state index in [1.165, 1.54) is 0 Å². The number of nitrogens with two attached hydrogens (primary N) is 1. The lowest BCUT2D eigenvalue weighted by molar-refractivity contribution is -0.132. The van der Waals surface area contributed by atoms with Gasteiger partial charge in [-0.15, -0.1) is 0 Å². The minimum atomic E-state index is -0.404. The molecule has 0 heterocycles. The van der Waals surface area contributed by atoms with Gasteiger partial charge in [-0.1, -0.05) is 0 Å². The molecule has 0 rings (SSSR count). The van der Waals surface area contributed by atoms with Crippen molar-refractivity contribution in [2.45, 2.75) is 58.7 Å². The van der Waals surface area contributed by atoms with Gasteiger partial charge in [0.15, 0.2) is 0 Å². The van der Waals surface area contributed by atoms with E-state index in [1.54, 1.807) is 0 Å².